The number of rotatable bonds is 19. The van der Waals surface area contributed by atoms with Crippen LogP contribution in [-0.4, -0.2) is 78.0 Å². The number of hydrogen-bond donors (Lipinski definition) is 3. The van der Waals surface area contributed by atoms with E-state index in [2.05, 4.69) is 16.0 Å². The van der Waals surface area contributed by atoms with Gasteiger partial charge < -0.3 is 30.2 Å². The van der Waals surface area contributed by atoms with Crippen LogP contribution in [0.1, 0.15) is 84.6 Å². The highest BCUT2D eigenvalue weighted by molar-refractivity contribution is 8.13. The van der Waals surface area contributed by atoms with Crippen molar-refractivity contribution < 1.29 is 43.0 Å². The van der Waals surface area contributed by atoms with Gasteiger partial charge in [0.1, 0.15) is 24.2 Å². The molecule has 1 aromatic rings. The molecule has 12 nitrogen and oxygen atoms in total. The Morgan fingerprint density at radius 3 is 2.20 bits per heavy atom. The summed E-state index contributed by atoms with van der Waals surface area (Å²) >= 11 is 0.800. The maximum absolute atomic E-state index is 13.7. The lowest BCUT2D eigenvalue weighted by atomic mass is 9.98. The lowest BCUT2D eigenvalue weighted by Crippen LogP contribution is -2.58. The fraction of sp³-hybridized carbons (Fsp3) is 0.636. The molecule has 0 radical (unpaired) electrons. The smallest absolute Gasteiger partial charge is 0.308 e. The van der Waals surface area contributed by atoms with Gasteiger partial charge in [0.05, 0.1) is 32.7 Å². The minimum atomic E-state index is -1.29. The van der Waals surface area contributed by atoms with Gasteiger partial charge in [-0.2, -0.15) is 0 Å². The van der Waals surface area contributed by atoms with E-state index in [0.717, 1.165) is 49.4 Å². The molecule has 0 heterocycles. The van der Waals surface area contributed by atoms with Crippen molar-refractivity contribution in [3.8, 4) is 0 Å². The summed E-state index contributed by atoms with van der Waals surface area (Å²) < 4.78 is 16.3. The number of nitrogens with one attached hydrogen (secondary N) is 3. The fourth-order valence-corrected chi connectivity index (χ4v) is 5.67. The number of benzene rings is 1. The van der Waals surface area contributed by atoms with E-state index in [1.807, 2.05) is 37.3 Å². The Balaban J connectivity index is 2.22. The number of carbonyl (C=O) groups excluding carboxylic acids is 6. The number of hydrogen-bond acceptors (Lipinski definition) is 10. The summed E-state index contributed by atoms with van der Waals surface area (Å²) in [5.74, 6) is -2.97. The van der Waals surface area contributed by atoms with Gasteiger partial charge >= 0.3 is 11.9 Å². The zero-order valence-electron chi connectivity index (χ0n) is 27.3. The molecule has 0 bridgehead atoms. The molecule has 1 aliphatic rings. The summed E-state index contributed by atoms with van der Waals surface area (Å²) in [5, 5.41) is 7.39. The van der Waals surface area contributed by atoms with E-state index in [1.165, 1.54) is 6.92 Å². The van der Waals surface area contributed by atoms with E-state index in [-0.39, 0.29) is 44.0 Å². The lowest BCUT2D eigenvalue weighted by molar-refractivity contribution is -0.152. The second kappa shape index (κ2) is 21.4. The molecule has 1 fully saturated rings. The third-order valence-corrected chi connectivity index (χ3v) is 8.54. The molecule has 1 aromatic carbocycles. The van der Waals surface area contributed by atoms with Crippen molar-refractivity contribution in [2.45, 2.75) is 110 Å². The molecule has 46 heavy (non-hydrogen) atoms. The van der Waals surface area contributed by atoms with E-state index in [1.54, 1.807) is 13.8 Å². The molecule has 4 atom stereocenters. The summed E-state index contributed by atoms with van der Waals surface area (Å²) in [6, 6.07) is 5.79. The van der Waals surface area contributed by atoms with Crippen molar-refractivity contribution >= 4 is 46.5 Å². The van der Waals surface area contributed by atoms with Crippen molar-refractivity contribution in [1.29, 1.82) is 0 Å². The molecule has 3 amide bonds. The molecule has 13 heteroatoms. The van der Waals surface area contributed by atoms with Crippen LogP contribution in [0.4, 0.5) is 0 Å². The van der Waals surface area contributed by atoms with E-state index < -0.39 is 59.3 Å². The summed E-state index contributed by atoms with van der Waals surface area (Å²) in [7, 11) is 0. The molecule has 3 N–H and O–H groups in total. The van der Waals surface area contributed by atoms with Gasteiger partial charge in [-0.15, -0.1) is 0 Å². The second-order valence-electron chi connectivity index (χ2n) is 11.4. The first-order valence-electron chi connectivity index (χ1n) is 16.0. The van der Waals surface area contributed by atoms with Crippen LogP contribution in [-0.2, 0) is 49.6 Å². The predicted molar refractivity (Wildman–Crippen MR) is 173 cm³/mol. The third kappa shape index (κ3) is 14.8. The van der Waals surface area contributed by atoms with Gasteiger partial charge in [0.2, 0.25) is 22.8 Å². The van der Waals surface area contributed by atoms with Crippen LogP contribution >= 0.6 is 11.8 Å². The maximum Gasteiger partial charge on any atom is 0.308 e. The highest BCUT2D eigenvalue weighted by Gasteiger charge is 2.33. The maximum atomic E-state index is 13.7. The Kier molecular flexibility index (Phi) is 18.0. The van der Waals surface area contributed by atoms with Gasteiger partial charge in [0.15, 0.2) is 0 Å². The van der Waals surface area contributed by atoms with Gasteiger partial charge in [0.25, 0.3) is 0 Å². The molecule has 0 spiro atoms. The number of esters is 2. The van der Waals surface area contributed by atoms with E-state index in [0.29, 0.717) is 6.42 Å². The van der Waals surface area contributed by atoms with Crippen LogP contribution in [0.15, 0.2) is 30.3 Å². The third-order valence-electron chi connectivity index (χ3n) is 7.56. The van der Waals surface area contributed by atoms with Gasteiger partial charge in [0, 0.05) is 12.7 Å². The average molecular weight is 664 g/mol. The summed E-state index contributed by atoms with van der Waals surface area (Å²) in [4.78, 5) is 76.8. The molecule has 0 saturated heterocycles. The zero-order chi connectivity index (χ0) is 33.9. The van der Waals surface area contributed by atoms with Crippen molar-refractivity contribution in [1.82, 2.24) is 16.0 Å². The average Bonchev–Trinajstić information content (AvgIpc) is 3.03. The Bertz CT molecular complexity index is 1140. The van der Waals surface area contributed by atoms with Crippen molar-refractivity contribution in [3.63, 3.8) is 0 Å². The molecular weight excluding hydrogens is 614 g/mol. The Hall–Kier alpha value is -3.45. The quantitative estimate of drug-likeness (QED) is 0.187. The van der Waals surface area contributed by atoms with Crippen LogP contribution < -0.4 is 16.0 Å². The number of carbonyl (C=O) groups is 6. The topological polar surface area (TPSA) is 166 Å². The fourth-order valence-electron chi connectivity index (χ4n) is 4.85. The summed E-state index contributed by atoms with van der Waals surface area (Å²) in [5.41, 5.74) is 0.847. The highest BCUT2D eigenvalue weighted by Crippen LogP contribution is 2.21. The molecule has 2 rings (SSSR count). The Labute approximate surface area is 275 Å². The van der Waals surface area contributed by atoms with Crippen molar-refractivity contribution in [2.75, 3.05) is 19.0 Å². The minimum Gasteiger partial charge on any atom is -0.466 e. The second-order valence-corrected chi connectivity index (χ2v) is 12.5. The normalized spacial score (nSPS) is 15.8. The van der Waals surface area contributed by atoms with Crippen molar-refractivity contribution in [2.24, 2.45) is 5.92 Å². The summed E-state index contributed by atoms with van der Waals surface area (Å²) in [6.45, 7) is 6.79. The van der Waals surface area contributed by atoms with Crippen LogP contribution in [0.25, 0.3) is 0 Å². The number of amides is 3. The van der Waals surface area contributed by atoms with Gasteiger partial charge in [-0.05, 0) is 44.1 Å². The van der Waals surface area contributed by atoms with Crippen LogP contribution in [0.5, 0.6) is 0 Å². The van der Waals surface area contributed by atoms with Crippen LogP contribution in [0.3, 0.4) is 0 Å². The first-order chi connectivity index (χ1) is 22.0. The molecular formula is C33H49N3O9S. The molecule has 0 unspecified atom stereocenters. The largest absolute Gasteiger partial charge is 0.466 e. The zero-order valence-corrected chi connectivity index (χ0v) is 28.2. The monoisotopic (exact) mass is 663 g/mol. The van der Waals surface area contributed by atoms with Gasteiger partial charge in [-0.1, -0.05) is 68.8 Å². The molecule has 1 aliphatic carbocycles. The number of ether oxygens (including phenoxy) is 3. The molecule has 0 aliphatic heterocycles. The Morgan fingerprint density at radius 1 is 0.891 bits per heavy atom. The van der Waals surface area contributed by atoms with Crippen LogP contribution in [0.2, 0.25) is 0 Å². The molecule has 0 aromatic heterocycles. The first kappa shape index (κ1) is 38.7. The lowest BCUT2D eigenvalue weighted by Gasteiger charge is -2.27. The van der Waals surface area contributed by atoms with E-state index >= 15 is 0 Å². The van der Waals surface area contributed by atoms with Crippen molar-refractivity contribution in [3.05, 3.63) is 35.9 Å². The van der Waals surface area contributed by atoms with Gasteiger partial charge in [-0.25, -0.2) is 0 Å². The SMILES string of the molecule is CCOC(=O)CCSC(=O)[C@H](CC(=O)OC1CCCCC1)NC(=O)[C@H](COCc1ccccc1)NC(=O)[C@@H](NC(C)=O)[C@@H](C)CC. The molecule has 256 valence electrons. The van der Waals surface area contributed by atoms with Crippen LogP contribution in [0, 0.1) is 5.92 Å². The number of thioether (sulfide) groups is 1. The highest BCUT2D eigenvalue weighted by atomic mass is 32.2. The molecule has 1 saturated carbocycles. The summed E-state index contributed by atoms with van der Waals surface area (Å²) in [6.07, 6.45) is 4.35. The predicted octanol–water partition coefficient (Wildman–Crippen LogP) is 3.20. The Morgan fingerprint density at radius 2 is 1.57 bits per heavy atom. The van der Waals surface area contributed by atoms with E-state index in [9.17, 15) is 28.8 Å². The van der Waals surface area contributed by atoms with E-state index in [4.69, 9.17) is 14.2 Å². The standard InChI is InChI=1S/C33H49N3O9S/c1-5-22(3)30(34-23(4)37)32(41)36-27(21-43-20-24-13-9-7-10-14-24)31(40)35-26(33(42)46-18-17-28(38)44-6-2)19-29(39)45-25-15-11-8-12-16-25/h7,9-10,13-14,22,25-27,30H,5-6,8,11-12,15-21H2,1-4H3,(H,34,37)(H,35,40)(H,36,41)/t22-,26-,27-,30-/m0/s1. The van der Waals surface area contributed by atoms with Gasteiger partial charge in [-0.3, -0.25) is 28.8 Å². The first-order valence-corrected chi connectivity index (χ1v) is 17.0. The minimum absolute atomic E-state index is 0.0242.